The van der Waals surface area contributed by atoms with Gasteiger partial charge in [-0.05, 0) is 12.1 Å². The fourth-order valence-corrected chi connectivity index (χ4v) is 2.96. The first kappa shape index (κ1) is 16.2. The monoisotopic (exact) mass is 369 g/mol. The van der Waals surface area contributed by atoms with Crippen LogP contribution in [0.15, 0.2) is 24.3 Å². The van der Waals surface area contributed by atoms with E-state index in [1.807, 2.05) is 0 Å². The van der Waals surface area contributed by atoms with Crippen LogP contribution >= 0.6 is 22.9 Å². The van der Waals surface area contributed by atoms with Gasteiger partial charge in [0.05, 0.1) is 20.2 Å². The summed E-state index contributed by atoms with van der Waals surface area (Å²) >= 11 is 6.78. The van der Waals surface area contributed by atoms with E-state index in [2.05, 4.69) is 0 Å². The molecule has 0 spiro atoms. The third-order valence-corrected chi connectivity index (χ3v) is 4.36. The molecule has 1 aromatic carbocycles. The second kappa shape index (κ2) is 6.46. The van der Waals surface area contributed by atoms with E-state index in [0.29, 0.717) is 9.21 Å². The van der Waals surface area contributed by atoms with Gasteiger partial charge >= 0.3 is 5.97 Å². The van der Waals surface area contributed by atoms with Gasteiger partial charge in [-0.25, -0.2) is 4.79 Å². The van der Waals surface area contributed by atoms with Crippen LogP contribution in [0.5, 0.6) is 11.5 Å². The lowest BCUT2D eigenvalue weighted by molar-refractivity contribution is -0.385. The van der Waals surface area contributed by atoms with Gasteiger partial charge in [0.1, 0.15) is 5.56 Å². The van der Waals surface area contributed by atoms with Gasteiger partial charge in [-0.2, -0.15) is 0 Å². The molecule has 0 radical (unpaired) electrons. The highest BCUT2D eigenvalue weighted by atomic mass is 35.5. The molecule has 0 N–H and O–H groups in total. The van der Waals surface area contributed by atoms with E-state index in [0.717, 1.165) is 23.5 Å². The highest BCUT2D eigenvalue weighted by molar-refractivity contribution is 7.18. The minimum absolute atomic E-state index is 0.0946. The van der Waals surface area contributed by atoms with Gasteiger partial charge in [0.15, 0.2) is 18.1 Å². The van der Waals surface area contributed by atoms with Gasteiger partial charge < -0.3 is 14.2 Å². The van der Waals surface area contributed by atoms with Crippen molar-refractivity contribution in [1.29, 1.82) is 0 Å². The lowest BCUT2D eigenvalue weighted by Gasteiger charge is -2.05. The SMILES string of the molecule is O=C(COC(=O)c1cc2c(cc1[N+](=O)[O-])OCO2)c1ccc(Cl)s1. The number of Topliss-reactive ketones (excluding diaryl/α,β-unsaturated/α-hetero) is 1. The molecular weight excluding hydrogens is 362 g/mol. The largest absolute Gasteiger partial charge is 0.454 e. The molecular formula is C14H8ClNO7S. The number of nitro groups is 1. The molecule has 3 rings (SSSR count). The standard InChI is InChI=1S/C14H8ClNO7S/c15-13-2-1-12(24-13)9(17)5-21-14(18)7-3-10-11(23-6-22-10)4-8(7)16(19)20/h1-4H,5-6H2. The molecule has 0 amide bonds. The van der Waals surface area contributed by atoms with Crippen molar-refractivity contribution in [3.8, 4) is 11.5 Å². The van der Waals surface area contributed by atoms with Crippen molar-refractivity contribution in [2.45, 2.75) is 0 Å². The van der Waals surface area contributed by atoms with E-state index in [1.54, 1.807) is 6.07 Å². The first-order valence-corrected chi connectivity index (χ1v) is 7.69. The summed E-state index contributed by atoms with van der Waals surface area (Å²) in [5.41, 5.74) is -0.808. The maximum absolute atomic E-state index is 12.1. The molecule has 0 saturated carbocycles. The fraction of sp³-hybridized carbons (Fsp3) is 0.143. The average Bonchev–Trinajstić information content (AvgIpc) is 3.18. The normalized spacial score (nSPS) is 12.0. The van der Waals surface area contributed by atoms with Gasteiger partial charge in [0.2, 0.25) is 12.6 Å². The second-order valence-electron chi connectivity index (χ2n) is 4.58. The van der Waals surface area contributed by atoms with E-state index >= 15 is 0 Å². The van der Waals surface area contributed by atoms with Crippen LogP contribution in [0.1, 0.15) is 20.0 Å². The third-order valence-electron chi connectivity index (χ3n) is 3.09. The molecule has 2 heterocycles. The fourth-order valence-electron chi connectivity index (χ4n) is 1.99. The maximum atomic E-state index is 12.1. The van der Waals surface area contributed by atoms with Crippen LogP contribution in [-0.4, -0.2) is 30.1 Å². The molecule has 0 aliphatic carbocycles. The number of nitrogens with zero attached hydrogens (tertiary/aromatic N) is 1. The van der Waals surface area contributed by atoms with Crippen LogP contribution in [0, 0.1) is 10.1 Å². The highest BCUT2D eigenvalue weighted by Crippen LogP contribution is 2.38. The van der Waals surface area contributed by atoms with Crippen LogP contribution in [0.4, 0.5) is 5.69 Å². The minimum Gasteiger partial charge on any atom is -0.454 e. The number of nitro benzene ring substituents is 1. The molecule has 8 nitrogen and oxygen atoms in total. The second-order valence-corrected chi connectivity index (χ2v) is 6.30. The molecule has 1 aromatic heterocycles. The van der Waals surface area contributed by atoms with Crippen molar-refractivity contribution in [1.82, 2.24) is 0 Å². The number of hydrogen-bond acceptors (Lipinski definition) is 8. The predicted molar refractivity (Wildman–Crippen MR) is 83.2 cm³/mol. The smallest absolute Gasteiger partial charge is 0.345 e. The van der Waals surface area contributed by atoms with Crippen LogP contribution < -0.4 is 9.47 Å². The number of carbonyl (C=O) groups is 2. The Morgan fingerprint density at radius 2 is 2.00 bits per heavy atom. The molecule has 10 heteroatoms. The van der Waals surface area contributed by atoms with Crippen molar-refractivity contribution in [2.75, 3.05) is 13.4 Å². The summed E-state index contributed by atoms with van der Waals surface area (Å²) in [6, 6.07) is 5.30. The molecule has 24 heavy (non-hydrogen) atoms. The van der Waals surface area contributed by atoms with E-state index in [1.165, 1.54) is 6.07 Å². The Bertz CT molecular complexity index is 848. The number of carbonyl (C=O) groups excluding carboxylic acids is 2. The van der Waals surface area contributed by atoms with Gasteiger partial charge in [-0.1, -0.05) is 11.6 Å². The summed E-state index contributed by atoms with van der Waals surface area (Å²) in [6.45, 7) is -0.649. The number of fused-ring (bicyclic) bond motifs is 1. The van der Waals surface area contributed by atoms with Crippen molar-refractivity contribution in [2.24, 2.45) is 0 Å². The van der Waals surface area contributed by atoms with Crippen LogP contribution in [0.3, 0.4) is 0 Å². The molecule has 0 saturated heterocycles. The van der Waals surface area contributed by atoms with E-state index in [-0.39, 0.29) is 23.9 Å². The van der Waals surface area contributed by atoms with Crippen LogP contribution in [0.25, 0.3) is 0 Å². The first-order valence-electron chi connectivity index (χ1n) is 6.49. The van der Waals surface area contributed by atoms with Gasteiger partial charge in [-0.15, -0.1) is 11.3 Å². The number of rotatable bonds is 5. The Morgan fingerprint density at radius 1 is 1.29 bits per heavy atom. The molecule has 0 fully saturated rings. The number of halogens is 1. The van der Waals surface area contributed by atoms with Gasteiger partial charge in [-0.3, -0.25) is 14.9 Å². The Kier molecular flexibility index (Phi) is 4.36. The summed E-state index contributed by atoms with van der Waals surface area (Å²) in [6.07, 6.45) is 0. The summed E-state index contributed by atoms with van der Waals surface area (Å²) in [5.74, 6) is -1.09. The summed E-state index contributed by atoms with van der Waals surface area (Å²) in [4.78, 5) is 34.7. The van der Waals surface area contributed by atoms with Crippen molar-refractivity contribution >= 4 is 40.4 Å². The number of esters is 1. The predicted octanol–water partition coefficient (Wildman–Crippen LogP) is 3.08. The van der Waals surface area contributed by atoms with Crippen molar-refractivity contribution in [3.63, 3.8) is 0 Å². The zero-order valence-corrected chi connectivity index (χ0v) is 13.4. The number of ketones is 1. The number of benzene rings is 1. The zero-order valence-electron chi connectivity index (χ0n) is 11.8. The first-order chi connectivity index (χ1) is 11.5. The van der Waals surface area contributed by atoms with Crippen molar-refractivity contribution in [3.05, 3.63) is 49.2 Å². The summed E-state index contributed by atoms with van der Waals surface area (Å²) in [7, 11) is 0. The van der Waals surface area contributed by atoms with E-state index in [9.17, 15) is 19.7 Å². The third kappa shape index (κ3) is 3.17. The molecule has 0 bridgehead atoms. The zero-order chi connectivity index (χ0) is 17.3. The Morgan fingerprint density at radius 3 is 2.62 bits per heavy atom. The molecule has 1 aliphatic heterocycles. The lowest BCUT2D eigenvalue weighted by Crippen LogP contribution is -2.14. The van der Waals surface area contributed by atoms with E-state index < -0.39 is 29.0 Å². The highest BCUT2D eigenvalue weighted by Gasteiger charge is 2.28. The topological polar surface area (TPSA) is 105 Å². The van der Waals surface area contributed by atoms with Crippen molar-refractivity contribution < 1.29 is 28.7 Å². The average molecular weight is 370 g/mol. The lowest BCUT2D eigenvalue weighted by atomic mass is 10.1. The number of ether oxygens (including phenoxy) is 3. The van der Waals surface area contributed by atoms with Crippen LogP contribution in [-0.2, 0) is 4.74 Å². The summed E-state index contributed by atoms with van der Waals surface area (Å²) in [5, 5.41) is 11.1. The Hall–Kier alpha value is -2.65. The van der Waals surface area contributed by atoms with Crippen LogP contribution in [0.2, 0.25) is 4.34 Å². The molecule has 2 aromatic rings. The molecule has 0 atom stereocenters. The maximum Gasteiger partial charge on any atom is 0.345 e. The number of hydrogen-bond donors (Lipinski definition) is 0. The Labute approximate surface area is 143 Å². The quantitative estimate of drug-likeness (QED) is 0.345. The Balaban J connectivity index is 1.77. The van der Waals surface area contributed by atoms with Gasteiger partial charge in [0, 0.05) is 6.07 Å². The summed E-state index contributed by atoms with van der Waals surface area (Å²) < 4.78 is 15.4. The molecule has 0 unspecified atom stereocenters. The molecule has 124 valence electrons. The number of thiophene rings is 1. The van der Waals surface area contributed by atoms with Gasteiger partial charge in [0.25, 0.3) is 5.69 Å². The van der Waals surface area contributed by atoms with E-state index in [4.69, 9.17) is 25.8 Å². The molecule has 1 aliphatic rings. The minimum atomic E-state index is -1.00.